The number of aromatic nitrogens is 3. The van der Waals surface area contributed by atoms with E-state index in [4.69, 9.17) is 4.98 Å². The zero-order valence-electron chi connectivity index (χ0n) is 14.2. The monoisotopic (exact) mass is 414 g/mol. The number of nitrogens with zero attached hydrogens (tertiary/aromatic N) is 4. The molecule has 128 valence electrons. The van der Waals surface area contributed by atoms with Gasteiger partial charge in [-0.1, -0.05) is 34.1 Å². The van der Waals surface area contributed by atoms with E-state index in [0.29, 0.717) is 27.8 Å². The molecule has 0 N–H and O–H groups in total. The fourth-order valence-electron chi connectivity index (χ4n) is 3.48. The Morgan fingerprint density at radius 3 is 2.70 bits per heavy atom. The number of hydrogen-bond acceptors (Lipinski definition) is 4. The van der Waals surface area contributed by atoms with Crippen molar-refractivity contribution in [3.8, 4) is 6.07 Å². The van der Waals surface area contributed by atoms with Gasteiger partial charge in [0.25, 0.3) is 5.56 Å². The summed E-state index contributed by atoms with van der Waals surface area (Å²) in [6.07, 6.45) is 0. The highest BCUT2D eigenvalue weighted by Crippen LogP contribution is 2.25. The zero-order chi connectivity index (χ0) is 18.7. The maximum atomic E-state index is 13.3. The highest BCUT2D eigenvalue weighted by Gasteiger charge is 2.15. The first-order valence-electron chi connectivity index (χ1n) is 8.32. The second-order valence-corrected chi connectivity index (χ2v) is 7.37. The topological polar surface area (TPSA) is 71.0 Å². The number of aryl methyl sites for hydroxylation is 1. The Balaban J connectivity index is 2.11. The van der Waals surface area contributed by atoms with Crippen molar-refractivity contribution in [2.75, 3.05) is 0 Å². The molecule has 0 unspecified atom stereocenters. The fraction of sp³-hybridized carbons (Fsp3) is 0.0476. The Hall–Kier alpha value is -3.30. The van der Waals surface area contributed by atoms with E-state index in [2.05, 4.69) is 27.0 Å². The van der Waals surface area contributed by atoms with E-state index >= 15 is 0 Å². The summed E-state index contributed by atoms with van der Waals surface area (Å²) >= 11 is 3.41. The van der Waals surface area contributed by atoms with Gasteiger partial charge in [0.05, 0.1) is 22.0 Å². The third-order valence-corrected chi connectivity index (χ3v) is 5.25. The van der Waals surface area contributed by atoms with Gasteiger partial charge in [-0.3, -0.25) is 4.79 Å². The van der Waals surface area contributed by atoms with Crippen molar-refractivity contribution in [2.45, 2.75) is 6.92 Å². The minimum absolute atomic E-state index is 0.237. The molecule has 0 atom stereocenters. The van der Waals surface area contributed by atoms with Crippen LogP contribution >= 0.6 is 15.9 Å². The van der Waals surface area contributed by atoms with Gasteiger partial charge in [0, 0.05) is 15.2 Å². The molecule has 5 rings (SSSR count). The van der Waals surface area contributed by atoms with E-state index in [-0.39, 0.29) is 5.56 Å². The second-order valence-electron chi connectivity index (χ2n) is 6.46. The molecule has 0 bridgehead atoms. The van der Waals surface area contributed by atoms with Gasteiger partial charge in [-0.25, -0.2) is 14.4 Å². The van der Waals surface area contributed by atoms with Crippen LogP contribution < -0.4 is 5.56 Å². The average molecular weight is 415 g/mol. The van der Waals surface area contributed by atoms with Crippen molar-refractivity contribution in [3.63, 3.8) is 0 Å². The Labute approximate surface area is 161 Å². The number of rotatable bonds is 0. The lowest BCUT2D eigenvalue weighted by Gasteiger charge is -2.10. The van der Waals surface area contributed by atoms with Crippen LogP contribution in [-0.2, 0) is 0 Å². The lowest BCUT2D eigenvalue weighted by Crippen LogP contribution is -2.18. The highest BCUT2D eigenvalue weighted by atomic mass is 79.9. The van der Waals surface area contributed by atoms with Crippen molar-refractivity contribution < 1.29 is 0 Å². The summed E-state index contributed by atoms with van der Waals surface area (Å²) in [5, 5.41) is 11.8. The summed E-state index contributed by atoms with van der Waals surface area (Å²) in [7, 11) is 0. The molecular weight excluding hydrogens is 404 g/mol. The van der Waals surface area contributed by atoms with Crippen LogP contribution in [0.3, 0.4) is 0 Å². The minimum atomic E-state index is -0.237. The van der Waals surface area contributed by atoms with Gasteiger partial charge in [0.15, 0.2) is 5.65 Å². The lowest BCUT2D eigenvalue weighted by molar-refractivity contribution is 1.10. The van der Waals surface area contributed by atoms with Crippen molar-refractivity contribution in [2.24, 2.45) is 0 Å². The third kappa shape index (κ3) is 2.25. The molecule has 0 aliphatic carbocycles. The first kappa shape index (κ1) is 15.9. The number of halogens is 1. The molecule has 3 aromatic heterocycles. The van der Waals surface area contributed by atoms with Crippen LogP contribution in [0.5, 0.6) is 0 Å². The van der Waals surface area contributed by atoms with Crippen LogP contribution in [0, 0.1) is 18.3 Å². The van der Waals surface area contributed by atoms with Gasteiger partial charge in [-0.05, 0) is 42.8 Å². The molecule has 5 aromatic rings. The molecule has 0 aliphatic heterocycles. The molecule has 0 radical (unpaired) electrons. The van der Waals surface area contributed by atoms with Gasteiger partial charge in [0.1, 0.15) is 11.7 Å². The van der Waals surface area contributed by atoms with Gasteiger partial charge >= 0.3 is 0 Å². The van der Waals surface area contributed by atoms with Crippen LogP contribution in [-0.4, -0.2) is 14.4 Å². The first-order valence-corrected chi connectivity index (χ1v) is 9.11. The Bertz CT molecular complexity index is 1530. The van der Waals surface area contributed by atoms with Crippen LogP contribution in [0.1, 0.15) is 11.1 Å². The molecule has 0 aliphatic rings. The van der Waals surface area contributed by atoms with Gasteiger partial charge in [-0.2, -0.15) is 5.26 Å². The summed E-state index contributed by atoms with van der Waals surface area (Å²) in [5.41, 5.74) is 3.34. The molecule has 0 saturated carbocycles. The van der Waals surface area contributed by atoms with Crippen LogP contribution in [0.2, 0.25) is 0 Å². The summed E-state index contributed by atoms with van der Waals surface area (Å²) < 4.78 is 2.25. The van der Waals surface area contributed by atoms with E-state index in [1.54, 1.807) is 18.2 Å². The standard InChI is InChI=1S/C21H11BrN4O/c1-11-3-2-4-12-7-13-8-14(10-23)20-24-17-6-5-15(22)9-16(17)21(27)26(20)19(13)25-18(11)12/h2-9H,1H3. The predicted octanol–water partition coefficient (Wildman–Crippen LogP) is 4.49. The molecule has 0 saturated heterocycles. The van der Waals surface area contributed by atoms with Crippen molar-refractivity contribution in [1.29, 1.82) is 5.26 Å². The Morgan fingerprint density at radius 2 is 1.89 bits per heavy atom. The molecule has 27 heavy (non-hydrogen) atoms. The molecule has 2 aromatic carbocycles. The summed E-state index contributed by atoms with van der Waals surface area (Å²) in [4.78, 5) is 22.7. The molecular formula is C21H11BrN4O. The number of fused-ring (bicyclic) bond motifs is 5. The van der Waals surface area contributed by atoms with Crippen LogP contribution in [0.25, 0.3) is 38.5 Å². The van der Waals surface area contributed by atoms with Gasteiger partial charge in [-0.15, -0.1) is 0 Å². The normalized spacial score (nSPS) is 11.4. The Morgan fingerprint density at radius 1 is 1.04 bits per heavy atom. The van der Waals surface area contributed by atoms with Crippen LogP contribution in [0.4, 0.5) is 0 Å². The maximum Gasteiger partial charge on any atom is 0.267 e. The number of nitriles is 1. The summed E-state index contributed by atoms with van der Waals surface area (Å²) in [6.45, 7) is 1.99. The average Bonchev–Trinajstić information content (AvgIpc) is 2.67. The number of pyridine rings is 2. The summed E-state index contributed by atoms with van der Waals surface area (Å²) in [6, 6.07) is 17.1. The SMILES string of the molecule is Cc1cccc2cc3cc(C#N)c4nc5ccc(Br)cc5c(=O)n4c3nc12. The zero-order valence-corrected chi connectivity index (χ0v) is 15.8. The summed E-state index contributed by atoms with van der Waals surface area (Å²) in [5.74, 6) is 0. The highest BCUT2D eigenvalue weighted by molar-refractivity contribution is 9.10. The van der Waals surface area contributed by atoms with Gasteiger partial charge < -0.3 is 0 Å². The third-order valence-electron chi connectivity index (χ3n) is 4.76. The fourth-order valence-corrected chi connectivity index (χ4v) is 3.84. The molecule has 0 amide bonds. The smallest absolute Gasteiger partial charge is 0.267 e. The van der Waals surface area contributed by atoms with E-state index in [0.717, 1.165) is 26.3 Å². The predicted molar refractivity (Wildman–Crippen MR) is 109 cm³/mol. The molecule has 6 heteroatoms. The van der Waals surface area contributed by atoms with Crippen molar-refractivity contribution in [1.82, 2.24) is 14.4 Å². The molecule has 5 nitrogen and oxygen atoms in total. The largest absolute Gasteiger partial charge is 0.268 e. The second kappa shape index (κ2) is 5.60. The van der Waals surface area contributed by atoms with Crippen LogP contribution in [0.15, 0.2) is 57.8 Å². The molecule has 3 heterocycles. The number of para-hydroxylation sites is 1. The molecule has 0 fully saturated rings. The number of hydrogen-bond donors (Lipinski definition) is 0. The van der Waals surface area contributed by atoms with E-state index in [1.165, 1.54) is 4.40 Å². The van der Waals surface area contributed by atoms with E-state index < -0.39 is 0 Å². The van der Waals surface area contributed by atoms with E-state index in [9.17, 15) is 10.1 Å². The molecule has 0 spiro atoms. The quantitative estimate of drug-likeness (QED) is 0.276. The Kier molecular flexibility index (Phi) is 3.30. The minimum Gasteiger partial charge on any atom is -0.268 e. The lowest BCUT2D eigenvalue weighted by atomic mass is 10.1. The first-order chi connectivity index (χ1) is 13.1. The van der Waals surface area contributed by atoms with E-state index in [1.807, 2.05) is 37.3 Å². The maximum absolute atomic E-state index is 13.3. The van der Waals surface area contributed by atoms with Crippen molar-refractivity contribution in [3.05, 3.63) is 74.5 Å². The number of benzene rings is 2. The van der Waals surface area contributed by atoms with Gasteiger partial charge in [0.2, 0.25) is 0 Å². The van der Waals surface area contributed by atoms with Crippen molar-refractivity contribution >= 4 is 54.4 Å².